The number of fused-ring (bicyclic) bond motifs is 1. The molecular weight excluding hydrogens is 280 g/mol. The van der Waals surface area contributed by atoms with Crippen molar-refractivity contribution in [1.82, 2.24) is 10.3 Å². The zero-order valence-electron chi connectivity index (χ0n) is 12.0. The summed E-state index contributed by atoms with van der Waals surface area (Å²) in [6.45, 7) is 0.931. The maximum absolute atomic E-state index is 6.22. The first-order valence-electron chi connectivity index (χ1n) is 7.05. The average Bonchev–Trinajstić information content (AvgIpc) is 3.05. The lowest BCUT2D eigenvalue weighted by Gasteiger charge is -2.18. The van der Waals surface area contributed by atoms with Crippen LogP contribution in [-0.4, -0.2) is 18.6 Å². The van der Waals surface area contributed by atoms with Crippen LogP contribution in [0.3, 0.4) is 0 Å². The molecule has 1 N–H and O–H groups in total. The lowest BCUT2D eigenvalue weighted by Crippen LogP contribution is -2.15. The molecule has 3 rings (SSSR count). The van der Waals surface area contributed by atoms with E-state index in [2.05, 4.69) is 39.9 Å². The van der Waals surface area contributed by atoms with Gasteiger partial charge in [0.2, 0.25) is 0 Å². The molecule has 0 bridgehead atoms. The van der Waals surface area contributed by atoms with Crippen molar-refractivity contribution >= 4 is 22.1 Å². The van der Waals surface area contributed by atoms with E-state index < -0.39 is 0 Å². The summed E-state index contributed by atoms with van der Waals surface area (Å²) in [4.78, 5) is 5.40. The van der Waals surface area contributed by atoms with Crippen LogP contribution in [0.2, 0.25) is 0 Å². The van der Waals surface area contributed by atoms with E-state index in [-0.39, 0.29) is 6.10 Å². The normalized spacial score (nSPS) is 12.4. The molecule has 108 valence electrons. The standard InChI is InChI=1S/C17H18N2OS/c1-18-8-7-16(17-3-2-10-21-17)20-15-5-4-14-12-19-9-6-13(14)11-15/h2-6,9-12,16,18H,7-8H2,1H3/t16-/m0/s1. The maximum Gasteiger partial charge on any atom is 0.134 e. The fourth-order valence-electron chi connectivity index (χ4n) is 2.31. The zero-order chi connectivity index (χ0) is 14.5. The molecule has 0 aliphatic rings. The van der Waals surface area contributed by atoms with Gasteiger partial charge in [-0.05, 0) is 54.7 Å². The Labute approximate surface area is 128 Å². The van der Waals surface area contributed by atoms with Crippen molar-refractivity contribution in [3.05, 3.63) is 59.0 Å². The molecule has 0 radical (unpaired) electrons. The number of nitrogens with zero attached hydrogens (tertiary/aromatic N) is 1. The number of pyridine rings is 1. The third kappa shape index (κ3) is 3.40. The van der Waals surface area contributed by atoms with Crippen LogP contribution in [0.25, 0.3) is 10.8 Å². The monoisotopic (exact) mass is 298 g/mol. The van der Waals surface area contributed by atoms with Crippen LogP contribution in [0, 0.1) is 0 Å². The Morgan fingerprint density at radius 1 is 1.24 bits per heavy atom. The van der Waals surface area contributed by atoms with Crippen molar-refractivity contribution in [2.24, 2.45) is 0 Å². The summed E-state index contributed by atoms with van der Waals surface area (Å²) in [5, 5.41) is 7.57. The highest BCUT2D eigenvalue weighted by atomic mass is 32.1. The van der Waals surface area contributed by atoms with E-state index in [1.807, 2.05) is 31.6 Å². The van der Waals surface area contributed by atoms with Gasteiger partial charge in [0.25, 0.3) is 0 Å². The van der Waals surface area contributed by atoms with Crippen molar-refractivity contribution in [1.29, 1.82) is 0 Å². The lowest BCUT2D eigenvalue weighted by atomic mass is 10.1. The summed E-state index contributed by atoms with van der Waals surface area (Å²) >= 11 is 1.74. The van der Waals surface area contributed by atoms with E-state index >= 15 is 0 Å². The minimum Gasteiger partial charge on any atom is -0.485 e. The second-order valence-electron chi connectivity index (χ2n) is 4.90. The van der Waals surface area contributed by atoms with Crippen molar-refractivity contribution in [3.63, 3.8) is 0 Å². The Balaban J connectivity index is 1.83. The third-order valence-electron chi connectivity index (χ3n) is 3.41. The minimum absolute atomic E-state index is 0.0942. The molecule has 1 atom stereocenters. The van der Waals surface area contributed by atoms with E-state index in [0.29, 0.717) is 0 Å². The van der Waals surface area contributed by atoms with Crippen molar-refractivity contribution in [3.8, 4) is 5.75 Å². The molecule has 2 heterocycles. The van der Waals surface area contributed by atoms with Gasteiger partial charge in [0.05, 0.1) is 0 Å². The number of hydrogen-bond donors (Lipinski definition) is 1. The first kappa shape index (κ1) is 14.0. The van der Waals surface area contributed by atoms with Gasteiger partial charge in [-0.25, -0.2) is 0 Å². The summed E-state index contributed by atoms with van der Waals surface area (Å²) < 4.78 is 6.22. The van der Waals surface area contributed by atoms with E-state index in [0.717, 1.165) is 29.5 Å². The number of rotatable bonds is 6. The highest BCUT2D eigenvalue weighted by Crippen LogP contribution is 2.29. The first-order valence-corrected chi connectivity index (χ1v) is 7.93. The molecule has 0 fully saturated rings. The Hall–Kier alpha value is -1.91. The predicted molar refractivity (Wildman–Crippen MR) is 88.0 cm³/mol. The molecule has 2 aromatic heterocycles. The number of benzene rings is 1. The molecule has 0 unspecified atom stereocenters. The highest BCUT2D eigenvalue weighted by molar-refractivity contribution is 7.10. The topological polar surface area (TPSA) is 34.1 Å². The first-order chi connectivity index (χ1) is 10.4. The molecule has 0 aliphatic heterocycles. The number of ether oxygens (including phenoxy) is 1. The fourth-order valence-corrected chi connectivity index (χ4v) is 3.10. The van der Waals surface area contributed by atoms with Crippen LogP contribution in [0.15, 0.2) is 54.2 Å². The molecular formula is C17H18N2OS. The zero-order valence-corrected chi connectivity index (χ0v) is 12.8. The Morgan fingerprint density at radius 3 is 3.00 bits per heavy atom. The lowest BCUT2D eigenvalue weighted by molar-refractivity contribution is 0.199. The quantitative estimate of drug-likeness (QED) is 0.746. The van der Waals surface area contributed by atoms with Gasteiger partial charge in [-0.15, -0.1) is 11.3 Å². The number of hydrogen-bond acceptors (Lipinski definition) is 4. The Morgan fingerprint density at radius 2 is 2.19 bits per heavy atom. The molecule has 0 amide bonds. The molecule has 0 saturated heterocycles. The van der Waals surface area contributed by atoms with Crippen LogP contribution < -0.4 is 10.1 Å². The maximum atomic E-state index is 6.22. The SMILES string of the molecule is CNCC[C@H](Oc1ccc2cnccc2c1)c1cccs1. The van der Waals surface area contributed by atoms with E-state index in [1.54, 1.807) is 11.3 Å². The fraction of sp³-hybridized carbons (Fsp3) is 0.235. The van der Waals surface area contributed by atoms with Crippen LogP contribution in [0.4, 0.5) is 0 Å². The molecule has 4 heteroatoms. The van der Waals surface area contributed by atoms with Crippen LogP contribution in [-0.2, 0) is 0 Å². The van der Waals surface area contributed by atoms with E-state index in [4.69, 9.17) is 4.74 Å². The Kier molecular flexibility index (Phi) is 4.48. The van der Waals surface area contributed by atoms with E-state index in [9.17, 15) is 0 Å². The van der Waals surface area contributed by atoms with Crippen molar-refractivity contribution < 1.29 is 4.74 Å². The van der Waals surface area contributed by atoms with Gasteiger partial charge in [-0.3, -0.25) is 4.98 Å². The van der Waals surface area contributed by atoms with Gasteiger partial charge in [-0.1, -0.05) is 6.07 Å². The molecule has 21 heavy (non-hydrogen) atoms. The van der Waals surface area contributed by atoms with Crippen LogP contribution in [0.1, 0.15) is 17.4 Å². The van der Waals surface area contributed by atoms with Gasteiger partial charge >= 0.3 is 0 Å². The third-order valence-corrected chi connectivity index (χ3v) is 4.37. The average molecular weight is 298 g/mol. The number of nitrogens with one attached hydrogen (secondary N) is 1. The second-order valence-corrected chi connectivity index (χ2v) is 5.88. The molecule has 3 aromatic rings. The van der Waals surface area contributed by atoms with Crippen LogP contribution in [0.5, 0.6) is 5.75 Å². The number of thiophene rings is 1. The van der Waals surface area contributed by atoms with Crippen LogP contribution >= 0.6 is 11.3 Å². The van der Waals surface area contributed by atoms with Gasteiger partial charge in [0, 0.05) is 29.1 Å². The summed E-state index contributed by atoms with van der Waals surface area (Å²) in [5.41, 5.74) is 0. The van der Waals surface area contributed by atoms with Crippen molar-refractivity contribution in [2.75, 3.05) is 13.6 Å². The smallest absolute Gasteiger partial charge is 0.134 e. The summed E-state index contributed by atoms with van der Waals surface area (Å²) in [6, 6.07) is 12.4. The van der Waals surface area contributed by atoms with Gasteiger partial charge in [0.1, 0.15) is 11.9 Å². The summed E-state index contributed by atoms with van der Waals surface area (Å²) in [7, 11) is 1.97. The van der Waals surface area contributed by atoms with Gasteiger partial charge < -0.3 is 10.1 Å². The van der Waals surface area contributed by atoms with Crippen molar-refractivity contribution in [2.45, 2.75) is 12.5 Å². The van der Waals surface area contributed by atoms with E-state index in [1.165, 1.54) is 4.88 Å². The molecule has 0 saturated carbocycles. The largest absolute Gasteiger partial charge is 0.485 e. The molecule has 1 aromatic carbocycles. The summed E-state index contributed by atoms with van der Waals surface area (Å²) in [5.74, 6) is 0.906. The molecule has 3 nitrogen and oxygen atoms in total. The van der Waals surface area contributed by atoms with Gasteiger partial charge in [0.15, 0.2) is 0 Å². The predicted octanol–water partition coefficient (Wildman–Crippen LogP) is 4.03. The molecule has 0 aliphatic carbocycles. The number of aromatic nitrogens is 1. The Bertz CT molecular complexity index is 697. The minimum atomic E-state index is 0.0942. The second kappa shape index (κ2) is 6.70. The van der Waals surface area contributed by atoms with Gasteiger partial charge in [-0.2, -0.15) is 0 Å². The summed E-state index contributed by atoms with van der Waals surface area (Å²) in [6.07, 6.45) is 4.73. The molecule has 0 spiro atoms. The highest BCUT2D eigenvalue weighted by Gasteiger charge is 2.14.